The Morgan fingerprint density at radius 3 is 2.38 bits per heavy atom. The monoisotopic (exact) mass is 409 g/mol. The molecular formula is C23H23NO4S. The molecule has 0 spiro atoms. The molecule has 6 heteroatoms. The first kappa shape index (κ1) is 20.6. The summed E-state index contributed by atoms with van der Waals surface area (Å²) < 4.78 is 16.4. The number of hydrogen-bond donors (Lipinski definition) is 1. The van der Waals surface area contributed by atoms with Crippen LogP contribution in [0.25, 0.3) is 0 Å². The smallest absolute Gasteiger partial charge is 0.255 e. The molecule has 0 saturated carbocycles. The second-order valence-electron chi connectivity index (χ2n) is 6.18. The quantitative estimate of drug-likeness (QED) is 0.515. The summed E-state index contributed by atoms with van der Waals surface area (Å²) in [6.07, 6.45) is 2.00. The molecule has 0 aliphatic rings. The molecule has 3 aromatic carbocycles. The zero-order chi connectivity index (χ0) is 20.6. The van der Waals surface area contributed by atoms with Crippen LogP contribution >= 0.6 is 11.8 Å². The van der Waals surface area contributed by atoms with Crippen LogP contribution in [0.15, 0.2) is 71.6 Å². The number of amides is 1. The third-order valence-corrected chi connectivity index (χ3v) is 5.05. The average Bonchev–Trinajstić information content (AvgIpc) is 2.77. The topological polar surface area (TPSA) is 56.8 Å². The molecule has 29 heavy (non-hydrogen) atoms. The third-order valence-electron chi connectivity index (χ3n) is 4.32. The molecule has 0 bridgehead atoms. The van der Waals surface area contributed by atoms with Crippen molar-refractivity contribution >= 4 is 23.4 Å². The van der Waals surface area contributed by atoms with Gasteiger partial charge in [-0.2, -0.15) is 0 Å². The molecule has 0 radical (unpaired) electrons. The number of carbonyl (C=O) groups is 1. The van der Waals surface area contributed by atoms with Crippen molar-refractivity contribution < 1.29 is 19.0 Å². The number of ether oxygens (including phenoxy) is 3. The number of carbonyl (C=O) groups excluding carboxylic acids is 1. The molecule has 0 atom stereocenters. The van der Waals surface area contributed by atoms with Crippen LogP contribution in [0.1, 0.15) is 15.9 Å². The van der Waals surface area contributed by atoms with Crippen LogP contribution in [0, 0.1) is 0 Å². The highest BCUT2D eigenvalue weighted by molar-refractivity contribution is 7.98. The molecule has 150 valence electrons. The average molecular weight is 410 g/mol. The lowest BCUT2D eigenvalue weighted by Gasteiger charge is -2.13. The van der Waals surface area contributed by atoms with E-state index >= 15 is 0 Å². The van der Waals surface area contributed by atoms with Gasteiger partial charge in [-0.15, -0.1) is 11.8 Å². The summed E-state index contributed by atoms with van der Waals surface area (Å²) in [5.74, 6) is 1.95. The molecule has 0 aromatic heterocycles. The Morgan fingerprint density at radius 2 is 1.69 bits per heavy atom. The van der Waals surface area contributed by atoms with Crippen LogP contribution < -0.4 is 19.5 Å². The van der Waals surface area contributed by atoms with E-state index in [4.69, 9.17) is 14.2 Å². The summed E-state index contributed by atoms with van der Waals surface area (Å²) in [6.45, 7) is 0.276. The summed E-state index contributed by atoms with van der Waals surface area (Å²) in [7, 11) is 3.22. The maximum absolute atomic E-state index is 12.7. The van der Waals surface area contributed by atoms with Crippen molar-refractivity contribution in [2.45, 2.75) is 11.5 Å². The van der Waals surface area contributed by atoms with Gasteiger partial charge in [-0.1, -0.05) is 6.07 Å². The van der Waals surface area contributed by atoms with Crippen molar-refractivity contribution in [2.75, 3.05) is 25.8 Å². The predicted octanol–water partition coefficient (Wildman–Crippen LogP) is 5.26. The fraction of sp³-hybridized carbons (Fsp3) is 0.174. The fourth-order valence-corrected chi connectivity index (χ4v) is 3.23. The molecule has 0 saturated heterocycles. The summed E-state index contributed by atoms with van der Waals surface area (Å²) in [4.78, 5) is 13.8. The second kappa shape index (κ2) is 9.89. The van der Waals surface area contributed by atoms with Gasteiger partial charge in [0.05, 0.1) is 14.2 Å². The van der Waals surface area contributed by atoms with Gasteiger partial charge in [0.2, 0.25) is 0 Å². The molecule has 1 N–H and O–H groups in total. The minimum Gasteiger partial charge on any atom is -0.497 e. The highest BCUT2D eigenvalue weighted by atomic mass is 32.2. The first-order valence-corrected chi connectivity index (χ1v) is 10.2. The molecule has 0 aliphatic heterocycles. The van der Waals surface area contributed by atoms with E-state index < -0.39 is 0 Å². The van der Waals surface area contributed by atoms with E-state index in [1.807, 2.05) is 54.8 Å². The molecule has 0 heterocycles. The highest BCUT2D eigenvalue weighted by Gasteiger charge is 2.12. The van der Waals surface area contributed by atoms with Gasteiger partial charge in [-0.05, 0) is 66.9 Å². The van der Waals surface area contributed by atoms with Gasteiger partial charge < -0.3 is 19.5 Å². The Kier molecular flexibility index (Phi) is 7.03. The highest BCUT2D eigenvalue weighted by Crippen LogP contribution is 2.25. The summed E-state index contributed by atoms with van der Waals surface area (Å²) >= 11 is 1.63. The number of benzene rings is 3. The van der Waals surface area contributed by atoms with Crippen molar-refractivity contribution in [2.24, 2.45) is 0 Å². The van der Waals surface area contributed by atoms with E-state index in [0.717, 1.165) is 21.9 Å². The van der Waals surface area contributed by atoms with Crippen LogP contribution in [-0.4, -0.2) is 26.4 Å². The van der Waals surface area contributed by atoms with E-state index in [1.165, 1.54) is 0 Å². The number of methoxy groups -OCH3 is 2. The van der Waals surface area contributed by atoms with Gasteiger partial charge >= 0.3 is 0 Å². The molecule has 3 rings (SSSR count). The van der Waals surface area contributed by atoms with Crippen molar-refractivity contribution in [1.82, 2.24) is 0 Å². The lowest BCUT2D eigenvalue weighted by Crippen LogP contribution is -2.13. The van der Waals surface area contributed by atoms with E-state index in [1.54, 1.807) is 44.2 Å². The van der Waals surface area contributed by atoms with Crippen LogP contribution in [0.2, 0.25) is 0 Å². The van der Waals surface area contributed by atoms with E-state index in [-0.39, 0.29) is 12.5 Å². The number of anilines is 1. The Bertz CT molecular complexity index is 973. The van der Waals surface area contributed by atoms with Crippen molar-refractivity contribution in [3.8, 4) is 17.2 Å². The Hall–Kier alpha value is -3.12. The van der Waals surface area contributed by atoms with E-state index in [0.29, 0.717) is 17.1 Å². The minimum atomic E-state index is -0.184. The predicted molar refractivity (Wildman–Crippen MR) is 116 cm³/mol. The number of hydrogen-bond acceptors (Lipinski definition) is 5. The summed E-state index contributed by atoms with van der Waals surface area (Å²) in [5.41, 5.74) is 2.08. The maximum atomic E-state index is 12.7. The van der Waals surface area contributed by atoms with E-state index in [9.17, 15) is 4.79 Å². The molecular weight excluding hydrogens is 386 g/mol. The largest absolute Gasteiger partial charge is 0.497 e. The van der Waals surface area contributed by atoms with Gasteiger partial charge in [0.15, 0.2) is 0 Å². The van der Waals surface area contributed by atoms with Gasteiger partial charge in [0.25, 0.3) is 5.91 Å². The summed E-state index contributed by atoms with van der Waals surface area (Å²) in [6, 6.07) is 20.4. The zero-order valence-electron chi connectivity index (χ0n) is 16.6. The van der Waals surface area contributed by atoms with Crippen LogP contribution in [0.3, 0.4) is 0 Å². The molecule has 0 fully saturated rings. The first-order chi connectivity index (χ1) is 14.1. The van der Waals surface area contributed by atoms with Crippen LogP contribution in [-0.2, 0) is 6.61 Å². The molecule has 0 unspecified atom stereocenters. The maximum Gasteiger partial charge on any atom is 0.255 e. The lowest BCUT2D eigenvalue weighted by atomic mass is 10.1. The second-order valence-corrected chi connectivity index (χ2v) is 7.06. The Morgan fingerprint density at radius 1 is 0.931 bits per heavy atom. The number of nitrogens with one attached hydrogen (secondary N) is 1. The zero-order valence-corrected chi connectivity index (χ0v) is 17.4. The van der Waals surface area contributed by atoms with Crippen molar-refractivity contribution in [3.63, 3.8) is 0 Å². The van der Waals surface area contributed by atoms with Gasteiger partial charge in [0, 0.05) is 21.7 Å². The fourth-order valence-electron chi connectivity index (χ4n) is 2.77. The Labute approximate surface area is 175 Å². The molecule has 5 nitrogen and oxygen atoms in total. The standard InChI is InChI=1S/C23H23NO4S/c1-26-19-8-10-20(11-9-19)28-15-17-13-16(7-12-22(17)27-2)23(25)24-18-5-4-6-21(14-18)29-3/h4-14H,15H2,1-3H3,(H,24,25). The first-order valence-electron chi connectivity index (χ1n) is 9.02. The van der Waals surface area contributed by atoms with Gasteiger partial charge in [-0.3, -0.25) is 4.79 Å². The normalized spacial score (nSPS) is 10.3. The molecule has 1 amide bonds. The minimum absolute atomic E-state index is 0.184. The third kappa shape index (κ3) is 5.45. The Balaban J connectivity index is 1.73. The molecule has 0 aliphatic carbocycles. The van der Waals surface area contributed by atoms with E-state index in [2.05, 4.69) is 5.32 Å². The van der Waals surface area contributed by atoms with Crippen LogP contribution in [0.4, 0.5) is 5.69 Å². The van der Waals surface area contributed by atoms with Gasteiger partial charge in [0.1, 0.15) is 23.9 Å². The number of thioether (sulfide) groups is 1. The molecule has 3 aromatic rings. The lowest BCUT2D eigenvalue weighted by molar-refractivity contribution is 0.102. The van der Waals surface area contributed by atoms with Gasteiger partial charge in [-0.25, -0.2) is 0 Å². The summed E-state index contributed by atoms with van der Waals surface area (Å²) in [5, 5.41) is 2.94. The number of rotatable bonds is 8. The SMILES string of the molecule is COc1ccc(OCc2cc(C(=O)Nc3cccc(SC)c3)ccc2OC)cc1. The van der Waals surface area contributed by atoms with Crippen molar-refractivity contribution in [3.05, 3.63) is 77.9 Å². The van der Waals surface area contributed by atoms with Crippen LogP contribution in [0.5, 0.6) is 17.2 Å². The van der Waals surface area contributed by atoms with Crippen molar-refractivity contribution in [1.29, 1.82) is 0 Å².